The zero-order valence-electron chi connectivity index (χ0n) is 15.1. The molecule has 1 fully saturated rings. The predicted molar refractivity (Wildman–Crippen MR) is 107 cm³/mol. The molecule has 0 aliphatic carbocycles. The van der Waals surface area contributed by atoms with Crippen molar-refractivity contribution in [3.05, 3.63) is 45.7 Å². The second-order valence-electron chi connectivity index (χ2n) is 7.45. The summed E-state index contributed by atoms with van der Waals surface area (Å²) in [5, 5.41) is 9.20. The molecule has 1 aromatic carbocycles. The summed E-state index contributed by atoms with van der Waals surface area (Å²) in [7, 11) is 4.11. The molecule has 3 heterocycles. The average molecular weight is 392 g/mol. The van der Waals surface area contributed by atoms with Gasteiger partial charge in [-0.3, -0.25) is 9.67 Å². The second kappa shape index (κ2) is 6.87. The molecule has 1 saturated heterocycles. The fourth-order valence-electron chi connectivity index (χ4n) is 3.93. The largest absolute Gasteiger partial charge is 0.343 e. The highest BCUT2D eigenvalue weighted by molar-refractivity contribution is 6.42. The first-order valence-corrected chi connectivity index (χ1v) is 9.68. The van der Waals surface area contributed by atoms with E-state index in [1.165, 1.54) is 5.56 Å². The number of halogens is 2. The van der Waals surface area contributed by atoms with Gasteiger partial charge in [0.1, 0.15) is 5.84 Å². The molecule has 0 amide bonds. The number of piperidine rings is 1. The van der Waals surface area contributed by atoms with Gasteiger partial charge < -0.3 is 10.2 Å². The van der Waals surface area contributed by atoms with Gasteiger partial charge in [-0.05, 0) is 63.2 Å². The lowest BCUT2D eigenvalue weighted by Crippen LogP contribution is -2.49. The van der Waals surface area contributed by atoms with Crippen LogP contribution in [-0.4, -0.2) is 40.7 Å². The summed E-state index contributed by atoms with van der Waals surface area (Å²) in [6.45, 7) is 2.72. The number of aryl methyl sites for hydroxylation is 1. The molecular formula is C19H23Cl2N5. The molecular weight excluding hydrogens is 369 g/mol. The predicted octanol–water partition coefficient (Wildman–Crippen LogP) is 4.01. The number of fused-ring (bicyclic) bond motifs is 1. The summed E-state index contributed by atoms with van der Waals surface area (Å²) in [5.41, 5.74) is 3.25. The first-order valence-electron chi connectivity index (χ1n) is 8.92. The SMILES string of the molecule is CN1CCC2(CC1)Cc1cc(Cl)c(Cl)cc1NC2=NCc1ccn(C)n1. The Bertz CT molecular complexity index is 850. The highest BCUT2D eigenvalue weighted by Gasteiger charge is 2.42. The molecule has 138 valence electrons. The first-order chi connectivity index (χ1) is 12.4. The highest BCUT2D eigenvalue weighted by atomic mass is 35.5. The van der Waals surface area contributed by atoms with E-state index in [0.717, 1.165) is 49.6 Å². The summed E-state index contributed by atoms with van der Waals surface area (Å²) in [6.07, 6.45) is 5.06. The van der Waals surface area contributed by atoms with Crippen LogP contribution >= 0.6 is 23.2 Å². The van der Waals surface area contributed by atoms with Gasteiger partial charge in [-0.2, -0.15) is 5.10 Å². The summed E-state index contributed by atoms with van der Waals surface area (Å²) in [4.78, 5) is 7.34. The lowest BCUT2D eigenvalue weighted by molar-refractivity contribution is 0.178. The summed E-state index contributed by atoms with van der Waals surface area (Å²) < 4.78 is 1.81. The van der Waals surface area contributed by atoms with Crippen molar-refractivity contribution in [3.63, 3.8) is 0 Å². The highest BCUT2D eigenvalue weighted by Crippen LogP contribution is 2.44. The fraction of sp³-hybridized carbons (Fsp3) is 0.474. The van der Waals surface area contributed by atoms with Gasteiger partial charge in [0.05, 0.1) is 22.3 Å². The molecule has 2 aliphatic rings. The van der Waals surface area contributed by atoms with Crippen LogP contribution in [0.4, 0.5) is 5.69 Å². The minimum absolute atomic E-state index is 0.0332. The number of aliphatic imine (C=N–C) groups is 1. The van der Waals surface area contributed by atoms with Crippen molar-refractivity contribution in [1.82, 2.24) is 14.7 Å². The van der Waals surface area contributed by atoms with E-state index >= 15 is 0 Å². The Hall–Kier alpha value is -1.56. The average Bonchev–Trinajstić information content (AvgIpc) is 3.03. The van der Waals surface area contributed by atoms with E-state index in [1.54, 1.807) is 0 Å². The molecule has 2 aliphatic heterocycles. The number of anilines is 1. The van der Waals surface area contributed by atoms with Crippen molar-refractivity contribution in [2.45, 2.75) is 25.8 Å². The molecule has 7 heteroatoms. The van der Waals surface area contributed by atoms with E-state index in [0.29, 0.717) is 16.6 Å². The molecule has 4 rings (SSSR count). The van der Waals surface area contributed by atoms with Crippen LogP contribution in [0, 0.1) is 5.41 Å². The number of aromatic nitrogens is 2. The van der Waals surface area contributed by atoms with Crippen molar-refractivity contribution in [2.75, 3.05) is 25.5 Å². The third kappa shape index (κ3) is 3.36. The zero-order valence-corrected chi connectivity index (χ0v) is 16.6. The number of likely N-dealkylation sites (tertiary alicyclic amines) is 1. The van der Waals surface area contributed by atoms with Gasteiger partial charge >= 0.3 is 0 Å². The Morgan fingerprint density at radius 2 is 1.92 bits per heavy atom. The van der Waals surface area contributed by atoms with E-state index in [9.17, 15) is 0 Å². The van der Waals surface area contributed by atoms with Crippen molar-refractivity contribution in [1.29, 1.82) is 0 Å². The van der Waals surface area contributed by atoms with E-state index in [4.69, 9.17) is 28.2 Å². The summed E-state index contributed by atoms with van der Waals surface area (Å²) in [5.74, 6) is 1.06. The molecule has 5 nitrogen and oxygen atoms in total. The molecule has 0 saturated carbocycles. The van der Waals surface area contributed by atoms with Crippen molar-refractivity contribution in [2.24, 2.45) is 17.5 Å². The van der Waals surface area contributed by atoms with Gasteiger partial charge in [0, 0.05) is 24.3 Å². The molecule has 2 aromatic rings. The van der Waals surface area contributed by atoms with Crippen LogP contribution in [0.1, 0.15) is 24.1 Å². The summed E-state index contributed by atoms with van der Waals surface area (Å²) in [6, 6.07) is 5.93. The normalized spacial score (nSPS) is 21.0. The van der Waals surface area contributed by atoms with Gasteiger partial charge in [0.15, 0.2) is 0 Å². The Balaban J connectivity index is 1.69. The van der Waals surface area contributed by atoms with Crippen molar-refractivity contribution < 1.29 is 0 Å². The maximum Gasteiger partial charge on any atom is 0.108 e. The van der Waals surface area contributed by atoms with Crippen LogP contribution in [0.15, 0.2) is 29.4 Å². The molecule has 1 N–H and O–H groups in total. The van der Waals surface area contributed by atoms with E-state index < -0.39 is 0 Å². The van der Waals surface area contributed by atoms with E-state index in [2.05, 4.69) is 22.4 Å². The third-order valence-corrected chi connectivity index (χ3v) is 6.26. The molecule has 1 spiro atoms. The van der Waals surface area contributed by atoms with Crippen LogP contribution in [0.5, 0.6) is 0 Å². The zero-order chi connectivity index (χ0) is 18.3. The Kier molecular flexibility index (Phi) is 4.71. The number of hydrogen-bond donors (Lipinski definition) is 1. The van der Waals surface area contributed by atoms with Crippen LogP contribution in [-0.2, 0) is 20.0 Å². The van der Waals surface area contributed by atoms with Crippen LogP contribution in [0.25, 0.3) is 0 Å². The van der Waals surface area contributed by atoms with Crippen molar-refractivity contribution in [3.8, 4) is 0 Å². The number of benzene rings is 1. The van der Waals surface area contributed by atoms with E-state index in [1.807, 2.05) is 36.1 Å². The number of amidine groups is 1. The minimum atomic E-state index is 0.0332. The number of hydrogen-bond acceptors (Lipinski definition) is 3. The second-order valence-corrected chi connectivity index (χ2v) is 8.27. The molecule has 0 radical (unpaired) electrons. The van der Waals surface area contributed by atoms with E-state index in [-0.39, 0.29) is 5.41 Å². The van der Waals surface area contributed by atoms with Crippen molar-refractivity contribution >= 4 is 34.7 Å². The Labute approximate surface area is 164 Å². The lowest BCUT2D eigenvalue weighted by Gasteiger charge is -2.45. The first kappa shape index (κ1) is 17.8. The Morgan fingerprint density at radius 3 is 2.62 bits per heavy atom. The van der Waals surface area contributed by atoms with Crippen LogP contribution in [0.2, 0.25) is 10.0 Å². The lowest BCUT2D eigenvalue weighted by atomic mass is 9.70. The molecule has 1 aromatic heterocycles. The maximum absolute atomic E-state index is 6.27. The molecule has 0 atom stereocenters. The molecule has 0 unspecified atom stereocenters. The molecule has 0 bridgehead atoms. The fourth-order valence-corrected chi connectivity index (χ4v) is 4.28. The van der Waals surface area contributed by atoms with Crippen LogP contribution in [0.3, 0.4) is 0 Å². The van der Waals surface area contributed by atoms with Gasteiger partial charge in [-0.1, -0.05) is 23.2 Å². The smallest absolute Gasteiger partial charge is 0.108 e. The third-order valence-electron chi connectivity index (χ3n) is 5.54. The van der Waals surface area contributed by atoms with Gasteiger partial charge in [-0.25, -0.2) is 0 Å². The van der Waals surface area contributed by atoms with Gasteiger partial charge in [-0.15, -0.1) is 0 Å². The van der Waals surface area contributed by atoms with Crippen LogP contribution < -0.4 is 5.32 Å². The topological polar surface area (TPSA) is 45.5 Å². The standard InChI is InChI=1S/C19H23Cl2N5/c1-25-7-4-19(5-8-25)11-13-9-15(20)16(21)10-17(13)23-18(19)22-12-14-3-6-26(2)24-14/h3,6,9-10H,4-5,7-8,11-12H2,1-2H3,(H,22,23). The number of nitrogens with one attached hydrogen (secondary N) is 1. The maximum atomic E-state index is 6.27. The minimum Gasteiger partial charge on any atom is -0.343 e. The van der Waals surface area contributed by atoms with Gasteiger partial charge in [0.2, 0.25) is 0 Å². The summed E-state index contributed by atoms with van der Waals surface area (Å²) >= 11 is 12.5. The number of nitrogens with zero attached hydrogens (tertiary/aromatic N) is 4. The molecule has 26 heavy (non-hydrogen) atoms. The number of rotatable bonds is 2. The van der Waals surface area contributed by atoms with Gasteiger partial charge in [0.25, 0.3) is 0 Å². The quantitative estimate of drug-likeness (QED) is 0.840. The Morgan fingerprint density at radius 1 is 1.19 bits per heavy atom. The monoisotopic (exact) mass is 391 g/mol.